The Morgan fingerprint density at radius 2 is 1.62 bits per heavy atom. The number of ketones is 1. The van der Waals surface area contributed by atoms with Crippen LogP contribution in [0.4, 0.5) is 0 Å². The fourth-order valence-electron chi connectivity index (χ4n) is 2.47. The normalized spacial score (nSPS) is 15.3. The smallest absolute Gasteiger partial charge is 0.209 e. The van der Waals surface area contributed by atoms with Crippen molar-refractivity contribution >= 4 is 15.8 Å². The number of hydrogen-bond acceptors (Lipinski definition) is 3. The summed E-state index contributed by atoms with van der Waals surface area (Å²) in [7, 11) is -3.31. The summed E-state index contributed by atoms with van der Waals surface area (Å²) < 4.78 is 25.3. The van der Waals surface area contributed by atoms with E-state index in [0.29, 0.717) is 5.92 Å². The fraction of sp³-hybridized carbons (Fsp3) is 0.938. The fourth-order valence-corrected chi connectivity index (χ4v) is 3.55. The Hall–Kier alpha value is -0.420. The van der Waals surface area contributed by atoms with E-state index in [0.717, 1.165) is 19.1 Å². The Morgan fingerprint density at radius 1 is 1.14 bits per heavy atom. The maximum Gasteiger partial charge on any atom is 0.209 e. The van der Waals surface area contributed by atoms with Crippen molar-refractivity contribution in [1.29, 1.82) is 0 Å². The lowest BCUT2D eigenvalue weighted by Crippen LogP contribution is -2.45. The molecule has 0 aromatic heterocycles. The SMILES string of the molecule is CCC(CC(C)(C)C(C)C)C(=O)CC(C)(C)NS(C)(=O)=O. The highest BCUT2D eigenvalue weighted by Crippen LogP contribution is 2.35. The van der Waals surface area contributed by atoms with Gasteiger partial charge in [-0.25, -0.2) is 13.1 Å². The molecule has 0 bridgehead atoms. The third kappa shape index (κ3) is 7.96. The summed E-state index contributed by atoms with van der Waals surface area (Å²) in [6.07, 6.45) is 2.99. The van der Waals surface area contributed by atoms with Gasteiger partial charge in [-0.15, -0.1) is 0 Å². The van der Waals surface area contributed by atoms with Gasteiger partial charge >= 0.3 is 0 Å². The molecule has 0 aliphatic carbocycles. The van der Waals surface area contributed by atoms with Gasteiger partial charge in [0.1, 0.15) is 5.78 Å². The van der Waals surface area contributed by atoms with E-state index in [-0.39, 0.29) is 23.5 Å². The summed E-state index contributed by atoms with van der Waals surface area (Å²) in [4.78, 5) is 12.5. The van der Waals surface area contributed by atoms with Gasteiger partial charge in [0.25, 0.3) is 0 Å². The number of sulfonamides is 1. The first-order valence-electron chi connectivity index (χ1n) is 7.72. The summed E-state index contributed by atoms with van der Waals surface area (Å²) in [6.45, 7) is 14.3. The molecule has 5 heteroatoms. The van der Waals surface area contributed by atoms with Crippen molar-refractivity contribution in [3.63, 3.8) is 0 Å². The topological polar surface area (TPSA) is 63.2 Å². The van der Waals surface area contributed by atoms with E-state index in [4.69, 9.17) is 0 Å². The van der Waals surface area contributed by atoms with Crippen LogP contribution in [-0.4, -0.2) is 26.0 Å². The second-order valence-corrected chi connectivity index (χ2v) is 9.60. The molecule has 0 saturated heterocycles. The standard InChI is InChI=1S/C16H33NO3S/c1-9-13(10-15(4,5)12(2)3)14(18)11-16(6,7)17-21(8,19)20/h12-13,17H,9-11H2,1-8H3. The van der Waals surface area contributed by atoms with Crippen LogP contribution in [0.25, 0.3) is 0 Å². The Morgan fingerprint density at radius 3 is 1.95 bits per heavy atom. The second kappa shape index (κ2) is 7.23. The Kier molecular flexibility index (Phi) is 7.08. The Balaban J connectivity index is 4.89. The number of carbonyl (C=O) groups is 1. The van der Waals surface area contributed by atoms with E-state index in [1.54, 1.807) is 13.8 Å². The van der Waals surface area contributed by atoms with E-state index in [2.05, 4.69) is 32.4 Å². The molecule has 0 rings (SSSR count). The maximum atomic E-state index is 12.5. The molecule has 0 amide bonds. The van der Waals surface area contributed by atoms with E-state index in [9.17, 15) is 13.2 Å². The Labute approximate surface area is 131 Å². The minimum Gasteiger partial charge on any atom is -0.299 e. The monoisotopic (exact) mass is 319 g/mol. The van der Waals surface area contributed by atoms with Crippen LogP contribution in [0.2, 0.25) is 0 Å². The summed E-state index contributed by atoms with van der Waals surface area (Å²) in [5, 5.41) is 0. The molecule has 0 aromatic rings. The highest BCUT2D eigenvalue weighted by atomic mass is 32.2. The van der Waals surface area contributed by atoms with Gasteiger partial charge in [-0.3, -0.25) is 4.79 Å². The zero-order valence-corrected chi connectivity index (χ0v) is 15.7. The van der Waals surface area contributed by atoms with Crippen LogP contribution in [-0.2, 0) is 14.8 Å². The summed E-state index contributed by atoms with van der Waals surface area (Å²) in [6, 6.07) is 0. The molecule has 1 unspecified atom stereocenters. The van der Waals surface area contributed by atoms with Gasteiger partial charge in [-0.05, 0) is 38.0 Å². The minimum absolute atomic E-state index is 0.0111. The molecule has 126 valence electrons. The molecule has 0 aromatic carbocycles. The number of hydrogen-bond donors (Lipinski definition) is 1. The van der Waals surface area contributed by atoms with E-state index < -0.39 is 15.6 Å². The van der Waals surface area contributed by atoms with Crippen LogP contribution in [0.3, 0.4) is 0 Å². The number of carbonyl (C=O) groups excluding carboxylic acids is 1. The molecule has 0 fully saturated rings. The van der Waals surface area contributed by atoms with Crippen molar-refractivity contribution in [3.05, 3.63) is 0 Å². The van der Waals surface area contributed by atoms with Crippen LogP contribution in [0, 0.1) is 17.3 Å². The number of nitrogens with one attached hydrogen (secondary N) is 1. The van der Waals surface area contributed by atoms with Gasteiger partial charge in [0.15, 0.2) is 0 Å². The highest BCUT2D eigenvalue weighted by molar-refractivity contribution is 7.88. The summed E-state index contributed by atoms with van der Waals surface area (Å²) >= 11 is 0. The minimum atomic E-state index is -3.31. The number of Topliss-reactive ketones (excluding diaryl/α,β-unsaturated/α-hetero) is 1. The van der Waals surface area contributed by atoms with Gasteiger partial charge in [0.05, 0.1) is 6.26 Å². The lowest BCUT2D eigenvalue weighted by atomic mass is 9.72. The zero-order valence-electron chi connectivity index (χ0n) is 14.9. The highest BCUT2D eigenvalue weighted by Gasteiger charge is 2.33. The molecule has 0 aliphatic heterocycles. The molecule has 0 saturated carbocycles. The third-order valence-corrected chi connectivity index (χ3v) is 5.28. The molecule has 1 atom stereocenters. The molecule has 0 aliphatic rings. The Bertz CT molecular complexity index is 450. The van der Waals surface area contributed by atoms with Crippen LogP contribution < -0.4 is 4.72 Å². The third-order valence-electron chi connectivity index (χ3n) is 4.36. The van der Waals surface area contributed by atoms with Crippen LogP contribution in [0.15, 0.2) is 0 Å². The summed E-state index contributed by atoms with van der Waals surface area (Å²) in [5.41, 5.74) is -0.634. The first kappa shape index (κ1) is 20.6. The maximum absolute atomic E-state index is 12.5. The largest absolute Gasteiger partial charge is 0.299 e. The van der Waals surface area contributed by atoms with Gasteiger partial charge in [0, 0.05) is 17.9 Å². The van der Waals surface area contributed by atoms with Gasteiger partial charge in [0.2, 0.25) is 10.0 Å². The van der Waals surface area contributed by atoms with Gasteiger partial charge in [-0.2, -0.15) is 0 Å². The van der Waals surface area contributed by atoms with E-state index in [1.165, 1.54) is 0 Å². The lowest BCUT2D eigenvalue weighted by Gasteiger charge is -2.34. The van der Waals surface area contributed by atoms with Crippen molar-refractivity contribution in [2.75, 3.05) is 6.26 Å². The number of rotatable bonds is 9. The molecule has 0 spiro atoms. The average Bonchev–Trinajstić information content (AvgIpc) is 2.20. The predicted molar refractivity (Wildman–Crippen MR) is 88.7 cm³/mol. The molecule has 0 radical (unpaired) electrons. The van der Waals surface area contributed by atoms with Crippen molar-refractivity contribution in [2.24, 2.45) is 17.3 Å². The first-order valence-corrected chi connectivity index (χ1v) is 9.61. The predicted octanol–water partition coefficient (Wildman–Crippen LogP) is 3.37. The van der Waals surface area contributed by atoms with Crippen LogP contribution in [0.5, 0.6) is 0 Å². The molecule has 0 heterocycles. The molecular weight excluding hydrogens is 286 g/mol. The van der Waals surface area contributed by atoms with Crippen molar-refractivity contribution in [2.45, 2.75) is 73.3 Å². The quantitative estimate of drug-likeness (QED) is 0.708. The first-order chi connectivity index (χ1) is 9.20. The lowest BCUT2D eigenvalue weighted by molar-refractivity contribution is -0.125. The average molecular weight is 320 g/mol. The van der Waals surface area contributed by atoms with Gasteiger partial charge in [-0.1, -0.05) is 34.6 Å². The van der Waals surface area contributed by atoms with Crippen LogP contribution >= 0.6 is 0 Å². The molecule has 1 N–H and O–H groups in total. The molecule has 21 heavy (non-hydrogen) atoms. The molecule has 4 nitrogen and oxygen atoms in total. The van der Waals surface area contributed by atoms with Gasteiger partial charge < -0.3 is 0 Å². The van der Waals surface area contributed by atoms with Crippen molar-refractivity contribution < 1.29 is 13.2 Å². The summed E-state index contributed by atoms with van der Waals surface area (Å²) in [5.74, 6) is 0.636. The zero-order chi connectivity index (χ0) is 17.1. The van der Waals surface area contributed by atoms with Crippen molar-refractivity contribution in [3.8, 4) is 0 Å². The van der Waals surface area contributed by atoms with Crippen molar-refractivity contribution in [1.82, 2.24) is 4.72 Å². The van der Waals surface area contributed by atoms with E-state index in [1.807, 2.05) is 6.92 Å². The second-order valence-electron chi connectivity index (χ2n) is 7.85. The van der Waals surface area contributed by atoms with Crippen LogP contribution in [0.1, 0.15) is 67.7 Å². The van der Waals surface area contributed by atoms with E-state index >= 15 is 0 Å². The molecular formula is C16H33NO3S.